The zero-order chi connectivity index (χ0) is 17.4. The fourth-order valence-electron chi connectivity index (χ4n) is 2.64. The van der Waals surface area contributed by atoms with Crippen LogP contribution < -0.4 is 21.4 Å². The van der Waals surface area contributed by atoms with Crippen molar-refractivity contribution in [3.63, 3.8) is 0 Å². The van der Waals surface area contributed by atoms with Gasteiger partial charge in [-0.05, 0) is 31.2 Å². The summed E-state index contributed by atoms with van der Waals surface area (Å²) < 4.78 is 1.37. The zero-order valence-corrected chi connectivity index (χ0v) is 13.7. The maximum atomic E-state index is 12.7. The van der Waals surface area contributed by atoms with Crippen LogP contribution in [0.3, 0.4) is 0 Å². The fourth-order valence-corrected chi connectivity index (χ4v) is 2.64. The number of nitrogens with one attached hydrogen (secondary N) is 3. The minimum atomic E-state index is -0.219. The van der Waals surface area contributed by atoms with Gasteiger partial charge in [-0.3, -0.25) is 9.89 Å². The highest BCUT2D eigenvalue weighted by Gasteiger charge is 2.09. The van der Waals surface area contributed by atoms with Crippen molar-refractivity contribution in [1.82, 2.24) is 19.7 Å². The van der Waals surface area contributed by atoms with Gasteiger partial charge < -0.3 is 10.3 Å². The summed E-state index contributed by atoms with van der Waals surface area (Å²) in [6.45, 7) is 5.95. The van der Waals surface area contributed by atoms with Gasteiger partial charge >= 0.3 is 0 Å². The van der Waals surface area contributed by atoms with Crippen LogP contribution in [0.1, 0.15) is 5.56 Å². The Bertz CT molecular complexity index is 1180. The predicted octanol–water partition coefficient (Wildman–Crippen LogP) is 1.61. The number of aromatic nitrogens is 4. The smallest absolute Gasteiger partial charge is 0.283 e. The van der Waals surface area contributed by atoms with Gasteiger partial charge in [-0.2, -0.15) is 4.68 Å². The molecule has 0 amide bonds. The highest BCUT2D eigenvalue weighted by atomic mass is 16.1. The second kappa shape index (κ2) is 5.83. The SMILES string of the molecule is C=c1[nH]n(-c2nc3ccccc3[nH]2)c(=O)/c1=C\Nc1ccc(C)cc1. The van der Waals surface area contributed by atoms with Crippen LogP contribution in [0.4, 0.5) is 5.69 Å². The summed E-state index contributed by atoms with van der Waals surface area (Å²) in [7, 11) is 0. The normalized spacial score (nSPS) is 12.0. The molecule has 4 rings (SSSR count). The third kappa shape index (κ3) is 2.74. The number of hydrogen-bond acceptors (Lipinski definition) is 3. The molecule has 25 heavy (non-hydrogen) atoms. The molecule has 0 unspecified atom stereocenters. The number of rotatable bonds is 3. The van der Waals surface area contributed by atoms with Crippen molar-refractivity contribution in [3.8, 4) is 5.95 Å². The molecule has 0 aliphatic carbocycles. The summed E-state index contributed by atoms with van der Waals surface area (Å²) in [5.41, 5.74) is 3.53. The molecule has 4 aromatic rings. The Morgan fingerprint density at radius 3 is 2.68 bits per heavy atom. The van der Waals surface area contributed by atoms with E-state index in [4.69, 9.17) is 0 Å². The van der Waals surface area contributed by atoms with Crippen LogP contribution in [0.5, 0.6) is 0 Å². The molecule has 0 saturated carbocycles. The van der Waals surface area contributed by atoms with Crippen LogP contribution in [0.25, 0.3) is 29.8 Å². The van der Waals surface area contributed by atoms with E-state index in [1.807, 2.05) is 55.5 Å². The number of para-hydroxylation sites is 2. The second-order valence-corrected chi connectivity index (χ2v) is 5.88. The van der Waals surface area contributed by atoms with Crippen molar-refractivity contribution >= 4 is 29.5 Å². The molecule has 0 bridgehead atoms. The third-order valence-corrected chi connectivity index (χ3v) is 4.03. The van der Waals surface area contributed by atoms with E-state index in [2.05, 4.69) is 27.0 Å². The van der Waals surface area contributed by atoms with Gasteiger partial charge in [0.2, 0.25) is 5.95 Å². The van der Waals surface area contributed by atoms with Gasteiger partial charge in [-0.25, -0.2) is 4.98 Å². The van der Waals surface area contributed by atoms with E-state index in [1.54, 1.807) is 6.20 Å². The predicted molar refractivity (Wildman–Crippen MR) is 100 cm³/mol. The lowest BCUT2D eigenvalue weighted by atomic mass is 10.2. The summed E-state index contributed by atoms with van der Waals surface area (Å²) in [5.74, 6) is 0.436. The third-order valence-electron chi connectivity index (χ3n) is 4.03. The lowest BCUT2D eigenvalue weighted by Gasteiger charge is -1.99. The minimum Gasteiger partial charge on any atom is -0.361 e. The van der Waals surface area contributed by atoms with Gasteiger partial charge in [-0.15, -0.1) is 0 Å². The van der Waals surface area contributed by atoms with Crippen molar-refractivity contribution in [2.75, 3.05) is 5.32 Å². The molecular weight excluding hydrogens is 314 g/mol. The summed E-state index contributed by atoms with van der Waals surface area (Å²) in [5, 5.41) is 7.07. The lowest BCUT2D eigenvalue weighted by molar-refractivity contribution is 0.793. The van der Waals surface area contributed by atoms with Crippen LogP contribution in [0.15, 0.2) is 53.3 Å². The fraction of sp³-hybridized carbons (Fsp3) is 0.0526. The van der Waals surface area contributed by atoms with Gasteiger partial charge in [0.15, 0.2) is 0 Å². The molecular formula is C19H17N5O. The van der Waals surface area contributed by atoms with Crippen LogP contribution in [0.2, 0.25) is 0 Å². The van der Waals surface area contributed by atoms with Crippen molar-refractivity contribution in [2.24, 2.45) is 0 Å². The van der Waals surface area contributed by atoms with Gasteiger partial charge in [0, 0.05) is 11.9 Å². The second-order valence-electron chi connectivity index (χ2n) is 5.88. The van der Waals surface area contributed by atoms with Crippen LogP contribution in [-0.2, 0) is 0 Å². The Morgan fingerprint density at radius 2 is 1.92 bits per heavy atom. The number of imidazole rings is 1. The van der Waals surface area contributed by atoms with Crippen molar-refractivity contribution in [1.29, 1.82) is 0 Å². The van der Waals surface area contributed by atoms with Crippen molar-refractivity contribution < 1.29 is 0 Å². The van der Waals surface area contributed by atoms with E-state index < -0.39 is 0 Å². The molecule has 0 aliphatic rings. The Kier molecular flexibility index (Phi) is 3.50. The van der Waals surface area contributed by atoms with E-state index in [0.717, 1.165) is 16.7 Å². The molecule has 0 spiro atoms. The molecule has 0 aliphatic heterocycles. The molecule has 6 nitrogen and oxygen atoms in total. The Morgan fingerprint density at radius 1 is 1.16 bits per heavy atom. The molecule has 6 heteroatoms. The number of fused-ring (bicyclic) bond motifs is 1. The topological polar surface area (TPSA) is 78.5 Å². The van der Waals surface area contributed by atoms with Gasteiger partial charge in [0.1, 0.15) is 0 Å². The number of aromatic amines is 2. The van der Waals surface area contributed by atoms with Crippen molar-refractivity contribution in [2.45, 2.75) is 6.92 Å². The maximum Gasteiger partial charge on any atom is 0.283 e. The number of hydrogen-bond donors (Lipinski definition) is 3. The van der Waals surface area contributed by atoms with E-state index in [9.17, 15) is 4.79 Å². The Hall–Kier alpha value is -3.54. The van der Waals surface area contributed by atoms with Crippen molar-refractivity contribution in [3.05, 3.63) is 75.0 Å². The van der Waals surface area contributed by atoms with Gasteiger partial charge in [0.05, 0.1) is 21.6 Å². The minimum absolute atomic E-state index is 0.219. The quantitative estimate of drug-likeness (QED) is 0.534. The monoisotopic (exact) mass is 331 g/mol. The molecule has 0 fully saturated rings. The van der Waals surface area contributed by atoms with Gasteiger partial charge in [-0.1, -0.05) is 36.4 Å². The number of anilines is 1. The first-order valence-electron chi connectivity index (χ1n) is 7.90. The van der Waals surface area contributed by atoms with Crippen LogP contribution in [0, 0.1) is 6.92 Å². The Balaban J connectivity index is 1.76. The first-order chi connectivity index (χ1) is 12.1. The average Bonchev–Trinajstić information content (AvgIpc) is 3.16. The molecule has 124 valence electrons. The van der Waals surface area contributed by atoms with E-state index >= 15 is 0 Å². The van der Waals surface area contributed by atoms with E-state index in [1.165, 1.54) is 10.2 Å². The molecule has 0 atom stereocenters. The number of aryl methyl sites for hydroxylation is 1. The lowest BCUT2D eigenvalue weighted by Crippen LogP contribution is -2.35. The van der Waals surface area contributed by atoms with Crippen LogP contribution >= 0.6 is 0 Å². The summed E-state index contributed by atoms with van der Waals surface area (Å²) in [6, 6.07) is 15.5. The maximum absolute atomic E-state index is 12.7. The Labute approximate surface area is 143 Å². The largest absolute Gasteiger partial charge is 0.361 e. The van der Waals surface area contributed by atoms with Crippen LogP contribution in [-0.4, -0.2) is 19.7 Å². The standard InChI is InChI=1S/C19H17N5O/c1-12-7-9-14(10-8-12)20-11-15-13(2)23-24(18(15)25)19-21-16-5-3-4-6-17(16)22-19/h3-11,20,23H,2H2,1H3,(H,21,22)/b15-11-. The first kappa shape index (κ1) is 15.0. The highest BCUT2D eigenvalue weighted by molar-refractivity contribution is 5.75. The highest BCUT2D eigenvalue weighted by Crippen LogP contribution is 2.11. The summed E-state index contributed by atoms with van der Waals surface area (Å²) in [4.78, 5) is 20.3. The number of benzene rings is 2. The summed E-state index contributed by atoms with van der Waals surface area (Å²) in [6.07, 6.45) is 1.66. The van der Waals surface area contributed by atoms with E-state index in [-0.39, 0.29) is 5.56 Å². The van der Waals surface area contributed by atoms with E-state index in [0.29, 0.717) is 16.5 Å². The zero-order valence-electron chi connectivity index (χ0n) is 13.7. The van der Waals surface area contributed by atoms with Gasteiger partial charge in [0.25, 0.3) is 5.56 Å². The molecule has 3 N–H and O–H groups in total. The molecule has 2 aromatic carbocycles. The molecule has 2 heterocycles. The average molecular weight is 331 g/mol. The first-order valence-corrected chi connectivity index (χ1v) is 7.90. The molecule has 0 radical (unpaired) electrons. The molecule has 2 aromatic heterocycles. The summed E-state index contributed by atoms with van der Waals surface area (Å²) >= 11 is 0. The number of H-pyrrole nitrogens is 2. The molecule has 0 saturated heterocycles. The number of nitrogens with zero attached hydrogens (tertiary/aromatic N) is 2.